The third-order valence-corrected chi connectivity index (χ3v) is 4.69. The number of likely N-dealkylation sites (tertiary alicyclic amines) is 1. The molecule has 0 aromatic carbocycles. The number of carbonyl (C=O) groups is 2. The zero-order valence-corrected chi connectivity index (χ0v) is 12.5. The van der Waals surface area contributed by atoms with Crippen LogP contribution in [0.4, 0.5) is 0 Å². The molecular weight excluding hydrogens is 278 g/mol. The SMILES string of the molecule is COCc1ccsc1C(=O)N1CCCC(C)(C(=O)O)C1. The largest absolute Gasteiger partial charge is 0.481 e. The molecule has 110 valence electrons. The molecule has 0 saturated carbocycles. The quantitative estimate of drug-likeness (QED) is 0.925. The van der Waals surface area contributed by atoms with Gasteiger partial charge in [0.05, 0.1) is 16.9 Å². The van der Waals surface area contributed by atoms with E-state index in [0.29, 0.717) is 24.4 Å². The Morgan fingerprint density at radius 3 is 2.95 bits per heavy atom. The highest BCUT2D eigenvalue weighted by molar-refractivity contribution is 7.12. The van der Waals surface area contributed by atoms with Crippen LogP contribution < -0.4 is 0 Å². The minimum absolute atomic E-state index is 0.0841. The molecule has 5 nitrogen and oxygen atoms in total. The molecule has 0 radical (unpaired) electrons. The number of methoxy groups -OCH3 is 1. The predicted molar refractivity (Wildman–Crippen MR) is 75.9 cm³/mol. The zero-order chi connectivity index (χ0) is 14.8. The number of piperidine rings is 1. The lowest BCUT2D eigenvalue weighted by molar-refractivity contribution is -0.150. The average molecular weight is 297 g/mol. The van der Waals surface area contributed by atoms with E-state index in [1.165, 1.54) is 11.3 Å². The standard InChI is InChI=1S/C14H19NO4S/c1-14(13(17)18)5-3-6-15(9-14)12(16)11-10(8-19-2)4-7-20-11/h4,7H,3,5-6,8-9H2,1-2H3,(H,17,18). The van der Waals surface area contributed by atoms with Gasteiger partial charge in [-0.15, -0.1) is 11.3 Å². The first-order valence-electron chi connectivity index (χ1n) is 6.56. The molecule has 1 fully saturated rings. The number of carboxylic acids is 1. The Hall–Kier alpha value is -1.40. The molecule has 1 aromatic heterocycles. The van der Waals surface area contributed by atoms with E-state index in [-0.39, 0.29) is 12.5 Å². The number of ether oxygens (including phenoxy) is 1. The lowest BCUT2D eigenvalue weighted by Crippen LogP contribution is -2.48. The number of carboxylic acid groups (broad SMARTS) is 1. The van der Waals surface area contributed by atoms with E-state index in [1.54, 1.807) is 18.9 Å². The number of carbonyl (C=O) groups excluding carboxylic acids is 1. The fraction of sp³-hybridized carbons (Fsp3) is 0.571. The summed E-state index contributed by atoms with van der Waals surface area (Å²) < 4.78 is 5.09. The Labute approximate surface area is 122 Å². The molecule has 1 unspecified atom stereocenters. The Bertz CT molecular complexity index is 513. The van der Waals surface area contributed by atoms with Gasteiger partial charge in [0.1, 0.15) is 0 Å². The second-order valence-electron chi connectivity index (χ2n) is 5.40. The van der Waals surface area contributed by atoms with Gasteiger partial charge < -0.3 is 14.7 Å². The zero-order valence-electron chi connectivity index (χ0n) is 11.7. The van der Waals surface area contributed by atoms with Crippen molar-refractivity contribution in [3.63, 3.8) is 0 Å². The normalized spacial score (nSPS) is 22.8. The molecule has 1 aliphatic rings. The van der Waals surface area contributed by atoms with E-state index in [9.17, 15) is 14.7 Å². The summed E-state index contributed by atoms with van der Waals surface area (Å²) in [6.45, 7) is 2.99. The van der Waals surface area contributed by atoms with Crippen LogP contribution in [0.1, 0.15) is 35.0 Å². The van der Waals surface area contributed by atoms with Crippen LogP contribution in [0.3, 0.4) is 0 Å². The fourth-order valence-corrected chi connectivity index (χ4v) is 3.40. The van der Waals surface area contributed by atoms with Crippen LogP contribution in [0.25, 0.3) is 0 Å². The Kier molecular flexibility index (Phi) is 4.45. The summed E-state index contributed by atoms with van der Waals surface area (Å²) in [4.78, 5) is 26.2. The predicted octanol–water partition coefficient (Wildman–Crippen LogP) is 2.22. The minimum Gasteiger partial charge on any atom is -0.481 e. The molecule has 2 heterocycles. The van der Waals surface area contributed by atoms with Crippen LogP contribution in [-0.2, 0) is 16.1 Å². The van der Waals surface area contributed by atoms with E-state index in [2.05, 4.69) is 0 Å². The topological polar surface area (TPSA) is 66.8 Å². The van der Waals surface area contributed by atoms with Crippen molar-refractivity contribution in [2.45, 2.75) is 26.4 Å². The molecular formula is C14H19NO4S. The first kappa shape index (κ1) is 15.0. The molecule has 2 rings (SSSR count). The van der Waals surface area contributed by atoms with Gasteiger partial charge in [0.2, 0.25) is 0 Å². The van der Waals surface area contributed by atoms with Crippen LogP contribution >= 0.6 is 11.3 Å². The van der Waals surface area contributed by atoms with Crippen LogP contribution in [0.15, 0.2) is 11.4 Å². The van der Waals surface area contributed by atoms with Crippen LogP contribution in [-0.4, -0.2) is 42.1 Å². The second kappa shape index (κ2) is 5.93. The van der Waals surface area contributed by atoms with Gasteiger partial charge in [-0.25, -0.2) is 0 Å². The van der Waals surface area contributed by atoms with Crippen LogP contribution in [0, 0.1) is 5.41 Å². The van der Waals surface area contributed by atoms with E-state index in [0.717, 1.165) is 12.0 Å². The van der Waals surface area contributed by atoms with Gasteiger partial charge in [-0.2, -0.15) is 0 Å². The molecule has 1 aliphatic heterocycles. The molecule has 1 saturated heterocycles. The lowest BCUT2D eigenvalue weighted by Gasteiger charge is -2.37. The number of hydrogen-bond acceptors (Lipinski definition) is 4. The average Bonchev–Trinajstić information content (AvgIpc) is 2.86. The number of thiophene rings is 1. The minimum atomic E-state index is -0.841. The van der Waals surface area contributed by atoms with E-state index >= 15 is 0 Å². The Balaban J connectivity index is 2.16. The molecule has 1 amide bonds. The summed E-state index contributed by atoms with van der Waals surface area (Å²) in [5.41, 5.74) is 0.0251. The van der Waals surface area contributed by atoms with Gasteiger partial charge in [0, 0.05) is 25.8 Å². The lowest BCUT2D eigenvalue weighted by atomic mass is 9.82. The van der Waals surface area contributed by atoms with E-state index in [4.69, 9.17) is 4.74 Å². The summed E-state index contributed by atoms with van der Waals surface area (Å²) in [6.07, 6.45) is 1.33. The van der Waals surface area contributed by atoms with Gasteiger partial charge in [-0.3, -0.25) is 9.59 Å². The first-order chi connectivity index (χ1) is 9.48. The van der Waals surface area contributed by atoms with Crippen molar-refractivity contribution in [3.05, 3.63) is 21.9 Å². The van der Waals surface area contributed by atoms with Crippen molar-refractivity contribution in [2.24, 2.45) is 5.41 Å². The van der Waals surface area contributed by atoms with Crippen LogP contribution in [0.2, 0.25) is 0 Å². The summed E-state index contributed by atoms with van der Waals surface area (Å²) in [5, 5.41) is 11.2. The number of amides is 1. The maximum absolute atomic E-state index is 12.6. The van der Waals surface area contributed by atoms with Crippen molar-refractivity contribution in [1.82, 2.24) is 4.90 Å². The van der Waals surface area contributed by atoms with Crippen LogP contribution in [0.5, 0.6) is 0 Å². The highest BCUT2D eigenvalue weighted by Gasteiger charge is 2.39. The van der Waals surface area contributed by atoms with Gasteiger partial charge in [-0.05, 0) is 31.2 Å². The molecule has 20 heavy (non-hydrogen) atoms. The van der Waals surface area contributed by atoms with E-state index in [1.807, 2.05) is 11.4 Å². The number of nitrogens with zero attached hydrogens (tertiary/aromatic N) is 1. The summed E-state index contributed by atoms with van der Waals surface area (Å²) in [7, 11) is 1.59. The summed E-state index contributed by atoms with van der Waals surface area (Å²) >= 11 is 1.38. The summed E-state index contributed by atoms with van der Waals surface area (Å²) in [5.74, 6) is -0.919. The van der Waals surface area contributed by atoms with Crippen molar-refractivity contribution in [1.29, 1.82) is 0 Å². The third-order valence-electron chi connectivity index (χ3n) is 3.74. The molecule has 0 aliphatic carbocycles. The van der Waals surface area contributed by atoms with Crippen molar-refractivity contribution in [3.8, 4) is 0 Å². The second-order valence-corrected chi connectivity index (χ2v) is 6.32. The van der Waals surface area contributed by atoms with Crippen molar-refractivity contribution >= 4 is 23.2 Å². The van der Waals surface area contributed by atoms with Gasteiger partial charge in [0.25, 0.3) is 5.91 Å². The molecule has 0 spiro atoms. The molecule has 1 N–H and O–H groups in total. The van der Waals surface area contributed by atoms with Crippen molar-refractivity contribution in [2.75, 3.05) is 20.2 Å². The van der Waals surface area contributed by atoms with Gasteiger partial charge >= 0.3 is 5.97 Å². The molecule has 6 heteroatoms. The highest BCUT2D eigenvalue weighted by Crippen LogP contribution is 2.31. The van der Waals surface area contributed by atoms with E-state index < -0.39 is 11.4 Å². The summed E-state index contributed by atoms with van der Waals surface area (Å²) in [6, 6.07) is 1.88. The number of aliphatic carboxylic acids is 1. The van der Waals surface area contributed by atoms with Gasteiger partial charge in [-0.1, -0.05) is 0 Å². The van der Waals surface area contributed by atoms with Crippen molar-refractivity contribution < 1.29 is 19.4 Å². The molecule has 1 aromatic rings. The smallest absolute Gasteiger partial charge is 0.311 e. The Morgan fingerprint density at radius 1 is 1.55 bits per heavy atom. The maximum Gasteiger partial charge on any atom is 0.311 e. The Morgan fingerprint density at radius 2 is 2.30 bits per heavy atom. The number of rotatable bonds is 4. The third kappa shape index (κ3) is 2.86. The fourth-order valence-electron chi connectivity index (χ4n) is 2.52. The highest BCUT2D eigenvalue weighted by atomic mass is 32.1. The first-order valence-corrected chi connectivity index (χ1v) is 7.44. The maximum atomic E-state index is 12.6. The monoisotopic (exact) mass is 297 g/mol. The molecule has 1 atom stereocenters. The molecule has 0 bridgehead atoms. The number of hydrogen-bond donors (Lipinski definition) is 1. The van der Waals surface area contributed by atoms with Gasteiger partial charge in [0.15, 0.2) is 0 Å².